The molecular weight excluding hydrogens is 180 g/mol. The van der Waals surface area contributed by atoms with E-state index in [4.69, 9.17) is 0 Å². The third kappa shape index (κ3) is 5.20. The molecule has 0 spiro atoms. The highest BCUT2D eigenvalue weighted by atomic mass is 14.2. The number of hydrogen-bond donors (Lipinski definition) is 0. The van der Waals surface area contributed by atoms with Crippen molar-refractivity contribution < 1.29 is 0 Å². The Balaban J connectivity index is 2.15. The van der Waals surface area contributed by atoms with Crippen LogP contribution < -0.4 is 0 Å². The molecule has 1 saturated carbocycles. The second kappa shape index (κ2) is 7.73. The fourth-order valence-electron chi connectivity index (χ4n) is 2.42. The third-order valence-corrected chi connectivity index (χ3v) is 3.49. The van der Waals surface area contributed by atoms with E-state index in [1.807, 2.05) is 0 Å². The standard InChI is InChI=1S/C15H26/c1-3-5-6-7-9-15-12-10-14(8-4-2)11-13-15/h4,9,14H,2-3,5-8,10-13H2,1H3. The first-order chi connectivity index (χ1) is 7.36. The molecule has 0 nitrogen and oxygen atoms in total. The van der Waals surface area contributed by atoms with Gasteiger partial charge < -0.3 is 0 Å². The first-order valence-corrected chi connectivity index (χ1v) is 6.65. The van der Waals surface area contributed by atoms with Crippen LogP contribution in [0.2, 0.25) is 0 Å². The monoisotopic (exact) mass is 206 g/mol. The molecule has 0 N–H and O–H groups in total. The molecule has 1 rings (SSSR count). The smallest absolute Gasteiger partial charge is 0.0318 e. The number of allylic oxidation sites excluding steroid dienone is 3. The molecule has 1 aliphatic rings. The van der Waals surface area contributed by atoms with Gasteiger partial charge in [-0.3, -0.25) is 0 Å². The summed E-state index contributed by atoms with van der Waals surface area (Å²) in [6.07, 6.45) is 16.7. The average Bonchev–Trinajstić information content (AvgIpc) is 2.27. The Hall–Kier alpha value is -0.520. The lowest BCUT2D eigenvalue weighted by molar-refractivity contribution is 0.412. The summed E-state index contributed by atoms with van der Waals surface area (Å²) in [4.78, 5) is 0. The normalized spacial score (nSPS) is 21.4. The first kappa shape index (κ1) is 12.5. The van der Waals surface area contributed by atoms with Crippen molar-refractivity contribution in [3.63, 3.8) is 0 Å². The average molecular weight is 206 g/mol. The first-order valence-electron chi connectivity index (χ1n) is 6.65. The lowest BCUT2D eigenvalue weighted by Crippen LogP contribution is -2.07. The quantitative estimate of drug-likeness (QED) is 0.411. The van der Waals surface area contributed by atoms with E-state index in [1.165, 1.54) is 57.8 Å². The van der Waals surface area contributed by atoms with Crippen LogP contribution in [0.1, 0.15) is 64.7 Å². The zero-order valence-electron chi connectivity index (χ0n) is 10.3. The Morgan fingerprint density at radius 3 is 2.60 bits per heavy atom. The van der Waals surface area contributed by atoms with Gasteiger partial charge in [0.15, 0.2) is 0 Å². The predicted octanol–water partition coefficient (Wildman–Crippen LogP) is 5.26. The lowest BCUT2D eigenvalue weighted by Gasteiger charge is -2.22. The molecule has 0 heterocycles. The highest BCUT2D eigenvalue weighted by Gasteiger charge is 2.14. The minimum atomic E-state index is 0.926. The SMILES string of the molecule is C=CCC1CCC(=CCCCCC)CC1. The largest absolute Gasteiger partial charge is 0.103 e. The van der Waals surface area contributed by atoms with E-state index in [1.54, 1.807) is 5.57 Å². The Kier molecular flexibility index (Phi) is 6.47. The van der Waals surface area contributed by atoms with Gasteiger partial charge in [-0.15, -0.1) is 6.58 Å². The molecule has 1 fully saturated rings. The van der Waals surface area contributed by atoms with Gasteiger partial charge in [-0.2, -0.15) is 0 Å². The van der Waals surface area contributed by atoms with Gasteiger partial charge >= 0.3 is 0 Å². The molecule has 0 unspecified atom stereocenters. The maximum atomic E-state index is 3.83. The summed E-state index contributed by atoms with van der Waals surface area (Å²) >= 11 is 0. The summed E-state index contributed by atoms with van der Waals surface area (Å²) in [5.41, 5.74) is 1.73. The molecule has 0 aromatic heterocycles. The zero-order valence-corrected chi connectivity index (χ0v) is 10.3. The van der Waals surface area contributed by atoms with Crippen molar-refractivity contribution >= 4 is 0 Å². The summed E-state index contributed by atoms with van der Waals surface area (Å²) in [6.45, 7) is 6.10. The Morgan fingerprint density at radius 1 is 1.27 bits per heavy atom. The van der Waals surface area contributed by atoms with E-state index >= 15 is 0 Å². The van der Waals surface area contributed by atoms with Crippen LogP contribution in [0.15, 0.2) is 24.3 Å². The minimum Gasteiger partial charge on any atom is -0.103 e. The van der Waals surface area contributed by atoms with Crippen molar-refractivity contribution in [3.05, 3.63) is 24.3 Å². The molecule has 86 valence electrons. The topological polar surface area (TPSA) is 0 Å². The second-order valence-corrected chi connectivity index (χ2v) is 4.83. The van der Waals surface area contributed by atoms with Crippen molar-refractivity contribution in [2.24, 2.45) is 5.92 Å². The summed E-state index contributed by atoms with van der Waals surface area (Å²) in [5.74, 6) is 0.926. The van der Waals surface area contributed by atoms with E-state index in [2.05, 4.69) is 25.7 Å². The summed E-state index contributed by atoms with van der Waals surface area (Å²) in [5, 5.41) is 0. The van der Waals surface area contributed by atoms with Crippen LogP contribution in [0.25, 0.3) is 0 Å². The van der Waals surface area contributed by atoms with Crippen molar-refractivity contribution in [2.75, 3.05) is 0 Å². The van der Waals surface area contributed by atoms with Gasteiger partial charge in [0.25, 0.3) is 0 Å². The van der Waals surface area contributed by atoms with Crippen molar-refractivity contribution in [3.8, 4) is 0 Å². The summed E-state index contributed by atoms with van der Waals surface area (Å²) < 4.78 is 0. The van der Waals surface area contributed by atoms with Gasteiger partial charge in [-0.1, -0.05) is 37.5 Å². The lowest BCUT2D eigenvalue weighted by atomic mass is 9.83. The molecule has 15 heavy (non-hydrogen) atoms. The molecule has 1 aliphatic carbocycles. The van der Waals surface area contributed by atoms with Gasteiger partial charge in [0.2, 0.25) is 0 Å². The van der Waals surface area contributed by atoms with E-state index in [9.17, 15) is 0 Å². The third-order valence-electron chi connectivity index (χ3n) is 3.49. The Bertz CT molecular complexity index is 190. The Morgan fingerprint density at radius 2 is 2.00 bits per heavy atom. The van der Waals surface area contributed by atoms with Gasteiger partial charge in [-0.05, 0) is 50.9 Å². The second-order valence-electron chi connectivity index (χ2n) is 4.83. The highest BCUT2D eigenvalue weighted by Crippen LogP contribution is 2.30. The molecule has 0 saturated heterocycles. The molecule has 0 amide bonds. The molecular formula is C15H26. The van der Waals surface area contributed by atoms with Gasteiger partial charge in [0, 0.05) is 0 Å². The van der Waals surface area contributed by atoms with E-state index in [-0.39, 0.29) is 0 Å². The molecule has 0 aromatic rings. The van der Waals surface area contributed by atoms with Crippen LogP contribution in [-0.2, 0) is 0 Å². The zero-order chi connectivity index (χ0) is 10.9. The summed E-state index contributed by atoms with van der Waals surface area (Å²) in [7, 11) is 0. The van der Waals surface area contributed by atoms with E-state index < -0.39 is 0 Å². The summed E-state index contributed by atoms with van der Waals surface area (Å²) in [6, 6.07) is 0. The number of hydrogen-bond acceptors (Lipinski definition) is 0. The van der Waals surface area contributed by atoms with E-state index in [0.29, 0.717) is 0 Å². The van der Waals surface area contributed by atoms with Crippen LogP contribution in [0.4, 0.5) is 0 Å². The Labute approximate surface area is 95.5 Å². The van der Waals surface area contributed by atoms with Gasteiger partial charge in [0.05, 0.1) is 0 Å². The maximum Gasteiger partial charge on any atom is -0.0318 e. The minimum absolute atomic E-state index is 0.926. The molecule has 0 radical (unpaired) electrons. The molecule has 0 aromatic carbocycles. The van der Waals surface area contributed by atoms with Crippen LogP contribution in [0.3, 0.4) is 0 Å². The van der Waals surface area contributed by atoms with Crippen molar-refractivity contribution in [1.29, 1.82) is 0 Å². The predicted molar refractivity (Wildman–Crippen MR) is 69.0 cm³/mol. The van der Waals surface area contributed by atoms with Crippen molar-refractivity contribution in [2.45, 2.75) is 64.7 Å². The number of unbranched alkanes of at least 4 members (excludes halogenated alkanes) is 3. The van der Waals surface area contributed by atoms with Gasteiger partial charge in [-0.25, -0.2) is 0 Å². The van der Waals surface area contributed by atoms with Crippen LogP contribution >= 0.6 is 0 Å². The molecule has 0 bridgehead atoms. The molecule has 0 aliphatic heterocycles. The van der Waals surface area contributed by atoms with Crippen LogP contribution in [0.5, 0.6) is 0 Å². The molecule has 0 heteroatoms. The van der Waals surface area contributed by atoms with Crippen LogP contribution in [-0.4, -0.2) is 0 Å². The molecule has 0 atom stereocenters. The highest BCUT2D eigenvalue weighted by molar-refractivity contribution is 5.05. The van der Waals surface area contributed by atoms with Crippen molar-refractivity contribution in [1.82, 2.24) is 0 Å². The number of rotatable bonds is 6. The van der Waals surface area contributed by atoms with Crippen LogP contribution in [0, 0.1) is 5.92 Å². The fraction of sp³-hybridized carbons (Fsp3) is 0.733. The fourth-order valence-corrected chi connectivity index (χ4v) is 2.42. The van der Waals surface area contributed by atoms with E-state index in [0.717, 1.165) is 5.92 Å². The van der Waals surface area contributed by atoms with Gasteiger partial charge in [0.1, 0.15) is 0 Å². The maximum absolute atomic E-state index is 3.83.